The maximum atomic E-state index is 12.7. The number of carbonyl (C=O) groups excluding carboxylic acids is 1. The summed E-state index contributed by atoms with van der Waals surface area (Å²) in [7, 11) is 0. The van der Waals surface area contributed by atoms with Crippen molar-refractivity contribution >= 4 is 35.0 Å². The normalized spacial score (nSPS) is 11.4. The molecule has 0 spiro atoms. The number of nitrogens with one attached hydrogen (secondary N) is 2. The molecule has 1 heterocycles. The van der Waals surface area contributed by atoms with Gasteiger partial charge in [-0.25, -0.2) is 4.98 Å². The lowest BCUT2D eigenvalue weighted by Crippen LogP contribution is -2.13. The second-order valence-corrected chi connectivity index (χ2v) is 6.79. The Hall–Kier alpha value is -2.52. The third-order valence-electron chi connectivity index (χ3n) is 3.53. The van der Waals surface area contributed by atoms with E-state index < -0.39 is 17.6 Å². The number of benzene rings is 2. The van der Waals surface area contributed by atoms with E-state index in [1.165, 1.54) is 18.1 Å². The van der Waals surface area contributed by atoms with Gasteiger partial charge in [-0.3, -0.25) is 9.89 Å². The number of carbonyl (C=O) groups is 1. The Morgan fingerprint density at radius 2 is 1.93 bits per heavy atom. The summed E-state index contributed by atoms with van der Waals surface area (Å²) in [5.74, 6) is 0.174. The Kier molecular flexibility index (Phi) is 5.71. The monoisotopic (exact) mass is 412 g/mol. The molecule has 2 aromatic carbocycles. The summed E-state index contributed by atoms with van der Waals surface area (Å²) in [5.41, 5.74) is 0.568. The van der Waals surface area contributed by atoms with Gasteiger partial charge in [0.15, 0.2) is 5.16 Å². The fourth-order valence-electron chi connectivity index (χ4n) is 2.16. The largest absolute Gasteiger partial charge is 0.416 e. The zero-order valence-corrected chi connectivity index (χ0v) is 15.1. The van der Waals surface area contributed by atoms with E-state index in [1.54, 1.807) is 24.3 Å². The molecule has 0 aliphatic heterocycles. The van der Waals surface area contributed by atoms with E-state index in [0.29, 0.717) is 16.5 Å². The predicted molar refractivity (Wildman–Crippen MR) is 96.8 cm³/mol. The van der Waals surface area contributed by atoms with Crippen LogP contribution in [0, 0.1) is 0 Å². The van der Waals surface area contributed by atoms with Crippen molar-refractivity contribution in [2.75, 3.05) is 5.32 Å². The first kappa shape index (κ1) is 19.2. The molecule has 0 aliphatic carbocycles. The van der Waals surface area contributed by atoms with Crippen molar-refractivity contribution in [1.82, 2.24) is 15.2 Å². The number of hydrogen-bond acceptors (Lipinski definition) is 4. The van der Waals surface area contributed by atoms with Crippen LogP contribution in [0.25, 0.3) is 0 Å². The molecule has 0 saturated carbocycles. The molecule has 10 heteroatoms. The Bertz CT molecular complexity index is 930. The number of anilines is 1. The van der Waals surface area contributed by atoms with Crippen LogP contribution in [0.2, 0.25) is 5.02 Å². The van der Waals surface area contributed by atoms with Gasteiger partial charge in [0.05, 0.1) is 16.3 Å². The van der Waals surface area contributed by atoms with Crippen LogP contribution in [0.5, 0.6) is 0 Å². The molecule has 3 aromatic rings. The first-order valence-corrected chi connectivity index (χ1v) is 8.94. The van der Waals surface area contributed by atoms with Crippen molar-refractivity contribution < 1.29 is 18.0 Å². The van der Waals surface area contributed by atoms with Gasteiger partial charge in [0.2, 0.25) is 0 Å². The third-order valence-corrected chi connectivity index (χ3v) is 4.79. The van der Waals surface area contributed by atoms with E-state index in [1.807, 2.05) is 0 Å². The fraction of sp³-hybridized carbons (Fsp3) is 0.118. The minimum Gasteiger partial charge on any atom is -0.321 e. The summed E-state index contributed by atoms with van der Waals surface area (Å²) in [6.45, 7) is 0. The number of H-pyrrole nitrogens is 1. The number of aromatic nitrogens is 3. The number of amides is 1. The Morgan fingerprint density at radius 1 is 1.19 bits per heavy atom. The maximum absolute atomic E-state index is 12.7. The van der Waals surface area contributed by atoms with E-state index in [4.69, 9.17) is 11.6 Å². The van der Waals surface area contributed by atoms with Gasteiger partial charge < -0.3 is 5.32 Å². The molecular weight excluding hydrogens is 401 g/mol. The van der Waals surface area contributed by atoms with Crippen molar-refractivity contribution in [2.24, 2.45) is 0 Å². The molecule has 0 saturated heterocycles. The Morgan fingerprint density at radius 3 is 2.52 bits per heavy atom. The van der Waals surface area contributed by atoms with Crippen LogP contribution in [0.4, 0.5) is 18.9 Å². The number of aromatic amines is 1. The second kappa shape index (κ2) is 8.01. The highest BCUT2D eigenvalue weighted by molar-refractivity contribution is 7.98. The van der Waals surface area contributed by atoms with Gasteiger partial charge in [-0.05, 0) is 35.9 Å². The first-order valence-electron chi connectivity index (χ1n) is 7.58. The van der Waals surface area contributed by atoms with Crippen molar-refractivity contribution in [3.05, 3.63) is 70.5 Å². The van der Waals surface area contributed by atoms with Crippen LogP contribution in [0.3, 0.4) is 0 Å². The molecule has 1 amide bonds. The average molecular weight is 413 g/mol. The molecule has 0 atom stereocenters. The quantitative estimate of drug-likeness (QED) is 0.577. The molecule has 0 unspecified atom stereocenters. The standard InChI is InChI=1S/C17H12ClF3N4OS/c18-13-7-12(17(19,20)21)5-6-14(13)24-15(26)11-3-1-10(2-4-11)8-27-16-22-9-23-25-16/h1-7,9H,8H2,(H,24,26)(H,22,23,25). The minimum absolute atomic E-state index is 0.111. The zero-order valence-electron chi connectivity index (χ0n) is 13.5. The fourth-order valence-corrected chi connectivity index (χ4v) is 3.12. The molecule has 3 rings (SSSR count). The summed E-state index contributed by atoms with van der Waals surface area (Å²) in [6.07, 6.45) is -3.08. The van der Waals surface area contributed by atoms with Gasteiger partial charge in [0, 0.05) is 11.3 Å². The molecule has 0 bridgehead atoms. The molecule has 0 fully saturated rings. The van der Waals surface area contributed by atoms with Crippen LogP contribution in [0.1, 0.15) is 21.5 Å². The van der Waals surface area contributed by atoms with Gasteiger partial charge in [-0.1, -0.05) is 35.5 Å². The van der Waals surface area contributed by atoms with Gasteiger partial charge in [0.25, 0.3) is 5.91 Å². The second-order valence-electron chi connectivity index (χ2n) is 5.42. The molecule has 0 radical (unpaired) electrons. The molecule has 0 aliphatic rings. The molecule has 140 valence electrons. The van der Waals surface area contributed by atoms with Crippen LogP contribution in [0.15, 0.2) is 53.9 Å². The first-order chi connectivity index (χ1) is 12.8. The number of hydrogen-bond donors (Lipinski definition) is 2. The maximum Gasteiger partial charge on any atom is 0.416 e. The van der Waals surface area contributed by atoms with Crippen LogP contribution >= 0.6 is 23.4 Å². The lowest BCUT2D eigenvalue weighted by molar-refractivity contribution is -0.137. The minimum atomic E-state index is -4.49. The van der Waals surface area contributed by atoms with Gasteiger partial charge in [-0.2, -0.15) is 18.3 Å². The number of halogens is 4. The van der Waals surface area contributed by atoms with Crippen LogP contribution < -0.4 is 5.32 Å². The van der Waals surface area contributed by atoms with Crippen molar-refractivity contribution in [3.63, 3.8) is 0 Å². The van der Waals surface area contributed by atoms with Crippen molar-refractivity contribution in [3.8, 4) is 0 Å². The lowest BCUT2D eigenvalue weighted by Gasteiger charge is -2.11. The highest BCUT2D eigenvalue weighted by atomic mass is 35.5. The van der Waals surface area contributed by atoms with E-state index in [0.717, 1.165) is 23.8 Å². The Balaban J connectivity index is 1.64. The summed E-state index contributed by atoms with van der Waals surface area (Å²) in [6, 6.07) is 9.60. The lowest BCUT2D eigenvalue weighted by atomic mass is 10.1. The van der Waals surface area contributed by atoms with Gasteiger partial charge >= 0.3 is 6.18 Å². The Labute approximate surface area is 161 Å². The topological polar surface area (TPSA) is 70.7 Å². The van der Waals surface area contributed by atoms with E-state index in [9.17, 15) is 18.0 Å². The molecule has 2 N–H and O–H groups in total. The van der Waals surface area contributed by atoms with Gasteiger partial charge in [-0.15, -0.1) is 0 Å². The van der Waals surface area contributed by atoms with Crippen LogP contribution in [-0.4, -0.2) is 21.1 Å². The predicted octanol–water partition coefficient (Wildman–Crippen LogP) is 5.02. The molecule has 5 nitrogen and oxygen atoms in total. The highest BCUT2D eigenvalue weighted by Crippen LogP contribution is 2.33. The van der Waals surface area contributed by atoms with Crippen molar-refractivity contribution in [2.45, 2.75) is 17.1 Å². The number of thioether (sulfide) groups is 1. The summed E-state index contributed by atoms with van der Waals surface area (Å²) < 4.78 is 38.0. The van der Waals surface area contributed by atoms with E-state index >= 15 is 0 Å². The summed E-state index contributed by atoms with van der Waals surface area (Å²) in [4.78, 5) is 16.3. The number of alkyl halides is 3. The summed E-state index contributed by atoms with van der Waals surface area (Å²) in [5, 5.41) is 9.51. The third kappa shape index (κ3) is 5.01. The molecule has 1 aromatic heterocycles. The highest BCUT2D eigenvalue weighted by Gasteiger charge is 2.31. The SMILES string of the molecule is O=C(Nc1ccc(C(F)(F)F)cc1Cl)c1ccc(CSc2ncn[nH]2)cc1. The van der Waals surface area contributed by atoms with Crippen molar-refractivity contribution in [1.29, 1.82) is 0 Å². The number of rotatable bonds is 5. The van der Waals surface area contributed by atoms with E-state index in [2.05, 4.69) is 20.5 Å². The molecular formula is C17H12ClF3N4OS. The average Bonchev–Trinajstić information content (AvgIpc) is 3.15. The summed E-state index contributed by atoms with van der Waals surface area (Å²) >= 11 is 7.31. The van der Waals surface area contributed by atoms with Crippen LogP contribution in [-0.2, 0) is 11.9 Å². The molecule has 27 heavy (non-hydrogen) atoms. The number of nitrogens with zero attached hydrogens (tertiary/aromatic N) is 2. The van der Waals surface area contributed by atoms with E-state index in [-0.39, 0.29) is 10.7 Å². The smallest absolute Gasteiger partial charge is 0.321 e. The van der Waals surface area contributed by atoms with Gasteiger partial charge in [0.1, 0.15) is 6.33 Å². The zero-order chi connectivity index (χ0) is 19.4.